The normalized spacial score (nSPS) is 16.8. The van der Waals surface area contributed by atoms with Crippen molar-refractivity contribution in [3.63, 3.8) is 0 Å². The average Bonchev–Trinajstić information content (AvgIpc) is 2.75. The number of aryl methyl sites for hydroxylation is 2. The summed E-state index contributed by atoms with van der Waals surface area (Å²) in [6.07, 6.45) is -0.208. The topological polar surface area (TPSA) is 41.6 Å². The second-order valence-electron chi connectivity index (χ2n) is 4.76. The number of ether oxygens (including phenoxy) is 1. The summed E-state index contributed by atoms with van der Waals surface area (Å²) in [5.74, 6) is 0. The van der Waals surface area contributed by atoms with Crippen molar-refractivity contribution in [1.29, 1.82) is 0 Å². The highest BCUT2D eigenvalue weighted by Crippen LogP contribution is 2.21. The summed E-state index contributed by atoms with van der Waals surface area (Å²) in [6, 6.07) is 6.56. The molecule has 1 N–H and O–H groups in total. The van der Waals surface area contributed by atoms with Gasteiger partial charge in [0.05, 0.1) is 12.6 Å². The Balaban J connectivity index is 2.17. The summed E-state index contributed by atoms with van der Waals surface area (Å²) in [5.41, 5.74) is 3.73. The lowest BCUT2D eigenvalue weighted by Crippen LogP contribution is -2.34. The first-order valence-corrected chi connectivity index (χ1v) is 6.28. The second-order valence-corrected chi connectivity index (χ2v) is 4.76. The number of nitrogens with zero attached hydrogens (tertiary/aromatic N) is 1. The van der Waals surface area contributed by atoms with Crippen LogP contribution in [0.2, 0.25) is 0 Å². The van der Waals surface area contributed by atoms with Gasteiger partial charge in [-0.15, -0.1) is 0 Å². The van der Waals surface area contributed by atoms with Gasteiger partial charge in [0.1, 0.15) is 6.61 Å². The molecule has 0 radical (unpaired) electrons. The molecule has 1 aromatic rings. The van der Waals surface area contributed by atoms with E-state index in [2.05, 4.69) is 37.4 Å². The number of hydrogen-bond acceptors (Lipinski definition) is 3. The van der Waals surface area contributed by atoms with E-state index in [9.17, 15) is 4.79 Å². The average molecular weight is 248 g/mol. The smallest absolute Gasteiger partial charge is 0.410 e. The molecule has 1 aromatic carbocycles. The molecule has 1 atom stereocenters. The van der Waals surface area contributed by atoms with Crippen molar-refractivity contribution in [2.75, 3.05) is 26.7 Å². The molecule has 2 rings (SSSR count). The van der Waals surface area contributed by atoms with E-state index in [1.54, 1.807) is 4.90 Å². The Hall–Kier alpha value is -1.55. The third-order valence-corrected chi connectivity index (χ3v) is 3.41. The molecule has 4 heteroatoms. The van der Waals surface area contributed by atoms with E-state index in [-0.39, 0.29) is 12.1 Å². The highest BCUT2D eigenvalue weighted by atomic mass is 16.6. The van der Waals surface area contributed by atoms with Gasteiger partial charge >= 0.3 is 6.09 Å². The second kappa shape index (κ2) is 5.40. The van der Waals surface area contributed by atoms with E-state index in [1.165, 1.54) is 16.7 Å². The van der Waals surface area contributed by atoms with Crippen LogP contribution in [0.3, 0.4) is 0 Å². The minimum Gasteiger partial charge on any atom is -0.448 e. The molecule has 18 heavy (non-hydrogen) atoms. The highest BCUT2D eigenvalue weighted by molar-refractivity contribution is 5.69. The predicted molar refractivity (Wildman–Crippen MR) is 70.6 cm³/mol. The largest absolute Gasteiger partial charge is 0.448 e. The molecule has 0 spiro atoms. The molecule has 1 aliphatic rings. The number of cyclic esters (lactones) is 1. The Kier molecular flexibility index (Phi) is 3.87. The fraction of sp³-hybridized carbons (Fsp3) is 0.500. The van der Waals surface area contributed by atoms with Gasteiger partial charge in [0.15, 0.2) is 0 Å². The number of hydrogen-bond donors (Lipinski definition) is 1. The van der Waals surface area contributed by atoms with Crippen LogP contribution in [0.4, 0.5) is 4.79 Å². The van der Waals surface area contributed by atoms with E-state index in [0.29, 0.717) is 19.7 Å². The van der Waals surface area contributed by atoms with Crippen molar-refractivity contribution in [3.8, 4) is 0 Å². The highest BCUT2D eigenvalue weighted by Gasteiger charge is 2.25. The Morgan fingerprint density at radius 3 is 2.83 bits per heavy atom. The van der Waals surface area contributed by atoms with Crippen LogP contribution in [-0.4, -0.2) is 37.7 Å². The molecule has 1 saturated heterocycles. The van der Waals surface area contributed by atoms with E-state index in [4.69, 9.17) is 4.74 Å². The molecule has 1 unspecified atom stereocenters. The van der Waals surface area contributed by atoms with Crippen LogP contribution in [0, 0.1) is 13.8 Å². The maximum atomic E-state index is 11.5. The lowest BCUT2D eigenvalue weighted by molar-refractivity contribution is 0.156. The maximum absolute atomic E-state index is 11.5. The van der Waals surface area contributed by atoms with Crippen molar-refractivity contribution < 1.29 is 9.53 Å². The number of carbonyl (C=O) groups excluding carboxylic acids is 1. The minimum absolute atomic E-state index is 0.149. The first kappa shape index (κ1) is 12.9. The summed E-state index contributed by atoms with van der Waals surface area (Å²) in [4.78, 5) is 13.2. The van der Waals surface area contributed by atoms with Gasteiger partial charge in [0.25, 0.3) is 0 Å². The van der Waals surface area contributed by atoms with Crippen LogP contribution in [0.25, 0.3) is 0 Å². The summed E-state index contributed by atoms with van der Waals surface area (Å²) in [7, 11) is 1.92. The van der Waals surface area contributed by atoms with Gasteiger partial charge in [-0.2, -0.15) is 0 Å². The molecule has 4 nitrogen and oxygen atoms in total. The molecule has 0 bridgehead atoms. The van der Waals surface area contributed by atoms with Crippen LogP contribution in [0.15, 0.2) is 18.2 Å². The summed E-state index contributed by atoms with van der Waals surface area (Å²) in [5, 5.41) is 3.28. The number of likely N-dealkylation sites (N-methyl/N-ethyl adjacent to an activating group) is 1. The van der Waals surface area contributed by atoms with Gasteiger partial charge in [-0.1, -0.05) is 23.8 Å². The van der Waals surface area contributed by atoms with E-state index >= 15 is 0 Å². The SMILES string of the molecule is CNC(CN1CCOC1=O)c1cc(C)ccc1C. The van der Waals surface area contributed by atoms with Gasteiger partial charge in [-0.25, -0.2) is 4.79 Å². The fourth-order valence-corrected chi connectivity index (χ4v) is 2.29. The maximum Gasteiger partial charge on any atom is 0.410 e. The number of amides is 1. The van der Waals surface area contributed by atoms with Crippen molar-refractivity contribution in [3.05, 3.63) is 34.9 Å². The molecule has 0 aliphatic carbocycles. The Morgan fingerprint density at radius 1 is 1.44 bits per heavy atom. The first-order valence-electron chi connectivity index (χ1n) is 6.28. The molecule has 1 fully saturated rings. The zero-order chi connectivity index (χ0) is 13.1. The van der Waals surface area contributed by atoms with E-state index < -0.39 is 0 Å². The first-order chi connectivity index (χ1) is 8.61. The molecule has 98 valence electrons. The number of carbonyl (C=O) groups is 1. The third-order valence-electron chi connectivity index (χ3n) is 3.41. The van der Waals surface area contributed by atoms with Gasteiger partial charge < -0.3 is 15.0 Å². The Morgan fingerprint density at radius 2 is 2.22 bits per heavy atom. The monoisotopic (exact) mass is 248 g/mol. The van der Waals surface area contributed by atoms with Crippen LogP contribution < -0.4 is 5.32 Å². The molecule has 0 saturated carbocycles. The fourth-order valence-electron chi connectivity index (χ4n) is 2.29. The number of nitrogens with one attached hydrogen (secondary N) is 1. The van der Waals surface area contributed by atoms with Crippen molar-refractivity contribution in [2.24, 2.45) is 0 Å². The van der Waals surface area contributed by atoms with Crippen molar-refractivity contribution in [2.45, 2.75) is 19.9 Å². The van der Waals surface area contributed by atoms with Gasteiger partial charge in [-0.05, 0) is 32.0 Å². The molecule has 1 amide bonds. The molecular weight excluding hydrogens is 228 g/mol. The molecule has 1 heterocycles. The van der Waals surface area contributed by atoms with Crippen molar-refractivity contribution >= 4 is 6.09 Å². The van der Waals surface area contributed by atoms with Crippen LogP contribution in [0.5, 0.6) is 0 Å². The summed E-state index contributed by atoms with van der Waals surface area (Å²) in [6.45, 7) is 6.02. The van der Waals surface area contributed by atoms with Gasteiger partial charge in [-0.3, -0.25) is 0 Å². The minimum atomic E-state index is -0.208. The van der Waals surface area contributed by atoms with E-state index in [1.807, 2.05) is 7.05 Å². The van der Waals surface area contributed by atoms with Crippen LogP contribution in [-0.2, 0) is 4.74 Å². The zero-order valence-corrected chi connectivity index (χ0v) is 11.2. The quantitative estimate of drug-likeness (QED) is 0.886. The lowest BCUT2D eigenvalue weighted by Gasteiger charge is -2.23. The standard InChI is InChI=1S/C14H20N2O2/c1-10-4-5-11(2)12(8-10)13(15-3)9-16-6-7-18-14(16)17/h4-5,8,13,15H,6-7,9H2,1-3H3. The van der Waals surface area contributed by atoms with E-state index in [0.717, 1.165) is 0 Å². The molecular formula is C14H20N2O2. The summed E-state index contributed by atoms with van der Waals surface area (Å²) < 4.78 is 4.96. The van der Waals surface area contributed by atoms with Crippen LogP contribution >= 0.6 is 0 Å². The van der Waals surface area contributed by atoms with Gasteiger partial charge in [0, 0.05) is 6.54 Å². The van der Waals surface area contributed by atoms with Crippen molar-refractivity contribution in [1.82, 2.24) is 10.2 Å². The number of benzene rings is 1. The van der Waals surface area contributed by atoms with Gasteiger partial charge in [0.2, 0.25) is 0 Å². The van der Waals surface area contributed by atoms with Crippen LogP contribution in [0.1, 0.15) is 22.7 Å². The lowest BCUT2D eigenvalue weighted by atomic mass is 9.98. The molecule has 0 aromatic heterocycles. The zero-order valence-electron chi connectivity index (χ0n) is 11.2. The Labute approximate surface area is 108 Å². The Bertz CT molecular complexity index is 445. The molecule has 1 aliphatic heterocycles. The third kappa shape index (κ3) is 2.64. The predicted octanol–water partition coefficient (Wildman–Crippen LogP) is 2.02. The summed E-state index contributed by atoms with van der Waals surface area (Å²) >= 11 is 0. The number of rotatable bonds is 4.